The Labute approximate surface area is 199 Å². The van der Waals surface area contributed by atoms with Gasteiger partial charge < -0.3 is 15.5 Å². The summed E-state index contributed by atoms with van der Waals surface area (Å²) in [6.07, 6.45) is 4.79. The zero-order valence-electron chi connectivity index (χ0n) is 16.8. The summed E-state index contributed by atoms with van der Waals surface area (Å²) >= 11 is 6.14. The number of nitrogens with one attached hydrogen (secondary N) is 2. The van der Waals surface area contributed by atoms with E-state index in [1.165, 1.54) is 0 Å². The van der Waals surface area contributed by atoms with Crippen LogP contribution in [0.1, 0.15) is 12.0 Å². The van der Waals surface area contributed by atoms with Crippen LogP contribution in [0.15, 0.2) is 72.0 Å². The van der Waals surface area contributed by atoms with Crippen molar-refractivity contribution in [2.45, 2.75) is 19.0 Å². The summed E-state index contributed by atoms with van der Waals surface area (Å²) in [5.41, 5.74) is 3.39. The number of aromatic nitrogens is 2. The van der Waals surface area contributed by atoms with E-state index < -0.39 is 0 Å². The SMILES string of the molecule is CN=C(NCc1ccccc1-n1cccn1)NC1CCN(c2cccc(Cl)c2)C1.I. The Morgan fingerprint density at radius 3 is 2.83 bits per heavy atom. The second-order valence-corrected chi connectivity index (χ2v) is 7.50. The Balaban J connectivity index is 0.00000256. The fourth-order valence-corrected chi connectivity index (χ4v) is 3.83. The Hall–Kier alpha value is -2.26. The van der Waals surface area contributed by atoms with Crippen LogP contribution in [-0.2, 0) is 6.54 Å². The molecule has 1 fully saturated rings. The molecule has 2 aromatic carbocycles. The van der Waals surface area contributed by atoms with Crippen molar-refractivity contribution < 1.29 is 0 Å². The van der Waals surface area contributed by atoms with Crippen molar-refractivity contribution in [2.24, 2.45) is 4.99 Å². The second kappa shape index (κ2) is 10.7. The normalized spacial score (nSPS) is 16.3. The van der Waals surface area contributed by atoms with E-state index in [4.69, 9.17) is 11.6 Å². The molecule has 0 spiro atoms. The molecular formula is C22H26ClIN6. The van der Waals surface area contributed by atoms with Gasteiger partial charge in [0, 0.05) is 55.8 Å². The van der Waals surface area contributed by atoms with Crippen LogP contribution in [0.2, 0.25) is 5.02 Å². The molecule has 0 bridgehead atoms. The zero-order valence-corrected chi connectivity index (χ0v) is 19.9. The zero-order chi connectivity index (χ0) is 20.1. The van der Waals surface area contributed by atoms with Crippen LogP contribution in [0.5, 0.6) is 0 Å². The quantitative estimate of drug-likeness (QED) is 0.293. The molecule has 3 aromatic rings. The lowest BCUT2D eigenvalue weighted by atomic mass is 10.2. The van der Waals surface area contributed by atoms with Crippen LogP contribution in [0.25, 0.3) is 5.69 Å². The molecule has 0 aliphatic carbocycles. The number of benzene rings is 2. The third kappa shape index (κ3) is 5.46. The topological polar surface area (TPSA) is 57.5 Å². The summed E-state index contributed by atoms with van der Waals surface area (Å²) in [6, 6.07) is 18.5. The van der Waals surface area contributed by atoms with Gasteiger partial charge in [-0.25, -0.2) is 4.68 Å². The monoisotopic (exact) mass is 536 g/mol. The summed E-state index contributed by atoms with van der Waals surface area (Å²) < 4.78 is 1.88. The van der Waals surface area contributed by atoms with E-state index in [-0.39, 0.29) is 24.0 Å². The third-order valence-electron chi connectivity index (χ3n) is 5.12. The van der Waals surface area contributed by atoms with Gasteiger partial charge in [-0.05, 0) is 42.3 Å². The van der Waals surface area contributed by atoms with Gasteiger partial charge in [0.15, 0.2) is 5.96 Å². The van der Waals surface area contributed by atoms with Gasteiger partial charge in [0.05, 0.1) is 5.69 Å². The highest BCUT2D eigenvalue weighted by Crippen LogP contribution is 2.23. The largest absolute Gasteiger partial charge is 0.369 e. The molecule has 30 heavy (non-hydrogen) atoms. The van der Waals surface area contributed by atoms with E-state index in [0.717, 1.165) is 47.4 Å². The molecule has 8 heteroatoms. The van der Waals surface area contributed by atoms with Gasteiger partial charge in [-0.2, -0.15) is 5.10 Å². The average Bonchev–Trinajstić information content (AvgIpc) is 3.43. The van der Waals surface area contributed by atoms with Crippen molar-refractivity contribution in [1.29, 1.82) is 0 Å². The molecule has 1 unspecified atom stereocenters. The Kier molecular flexibility index (Phi) is 7.98. The molecule has 0 saturated carbocycles. The maximum absolute atomic E-state index is 6.14. The standard InChI is InChI=1S/C22H25ClN6.HI/c1-24-22(25-15-17-6-2-3-9-21(17)29-12-5-11-26-29)27-19-10-13-28(16-19)20-8-4-7-18(23)14-20;/h2-9,11-12,14,19H,10,13,15-16H2,1H3,(H2,24,25,27);1H. The van der Waals surface area contributed by atoms with Crippen molar-refractivity contribution in [3.8, 4) is 5.69 Å². The fourth-order valence-electron chi connectivity index (χ4n) is 3.65. The molecule has 1 aliphatic heterocycles. The van der Waals surface area contributed by atoms with E-state index in [2.05, 4.69) is 43.8 Å². The molecule has 6 nitrogen and oxygen atoms in total. The number of halogens is 2. The lowest BCUT2D eigenvalue weighted by Crippen LogP contribution is -2.44. The fraction of sp³-hybridized carbons (Fsp3) is 0.273. The van der Waals surface area contributed by atoms with Crippen molar-refractivity contribution in [2.75, 3.05) is 25.0 Å². The summed E-state index contributed by atoms with van der Waals surface area (Å²) in [7, 11) is 1.80. The third-order valence-corrected chi connectivity index (χ3v) is 5.35. The van der Waals surface area contributed by atoms with Gasteiger partial charge in [0.2, 0.25) is 0 Å². The maximum Gasteiger partial charge on any atom is 0.191 e. The second-order valence-electron chi connectivity index (χ2n) is 7.06. The molecule has 0 amide bonds. The van der Waals surface area contributed by atoms with Gasteiger partial charge in [0.1, 0.15) is 0 Å². The number of para-hydroxylation sites is 1. The van der Waals surface area contributed by atoms with Crippen LogP contribution in [0.4, 0.5) is 5.69 Å². The van der Waals surface area contributed by atoms with E-state index in [0.29, 0.717) is 12.6 Å². The molecule has 1 aliphatic rings. The van der Waals surface area contributed by atoms with E-state index in [1.54, 1.807) is 13.2 Å². The molecule has 0 radical (unpaired) electrons. The number of guanidine groups is 1. The highest BCUT2D eigenvalue weighted by Gasteiger charge is 2.23. The van der Waals surface area contributed by atoms with Gasteiger partial charge in [-0.1, -0.05) is 35.9 Å². The summed E-state index contributed by atoms with van der Waals surface area (Å²) in [5.74, 6) is 0.804. The number of hydrogen-bond donors (Lipinski definition) is 2. The van der Waals surface area contributed by atoms with E-state index in [1.807, 2.05) is 47.3 Å². The minimum atomic E-state index is 0. The maximum atomic E-state index is 6.14. The van der Waals surface area contributed by atoms with Crippen LogP contribution in [0, 0.1) is 0 Å². The number of rotatable bonds is 5. The summed E-state index contributed by atoms with van der Waals surface area (Å²) in [4.78, 5) is 6.75. The van der Waals surface area contributed by atoms with Crippen LogP contribution >= 0.6 is 35.6 Å². The predicted molar refractivity (Wildman–Crippen MR) is 134 cm³/mol. The molecule has 158 valence electrons. The van der Waals surface area contributed by atoms with Crippen molar-refractivity contribution in [1.82, 2.24) is 20.4 Å². The Morgan fingerprint density at radius 2 is 2.07 bits per heavy atom. The van der Waals surface area contributed by atoms with E-state index >= 15 is 0 Å². The minimum absolute atomic E-state index is 0. The highest BCUT2D eigenvalue weighted by atomic mass is 127. The molecular weight excluding hydrogens is 511 g/mol. The lowest BCUT2D eigenvalue weighted by molar-refractivity contribution is 0.648. The first-order chi connectivity index (χ1) is 14.2. The first kappa shape index (κ1) is 22.4. The molecule has 1 atom stereocenters. The predicted octanol–water partition coefficient (Wildman–Crippen LogP) is 4.09. The first-order valence-electron chi connectivity index (χ1n) is 9.78. The number of nitrogens with zero attached hydrogens (tertiary/aromatic N) is 4. The van der Waals surface area contributed by atoms with Gasteiger partial charge in [0.25, 0.3) is 0 Å². The first-order valence-corrected chi connectivity index (χ1v) is 10.2. The van der Waals surface area contributed by atoms with E-state index in [9.17, 15) is 0 Å². The lowest BCUT2D eigenvalue weighted by Gasteiger charge is -2.21. The van der Waals surface area contributed by atoms with Crippen LogP contribution < -0.4 is 15.5 Å². The molecule has 4 rings (SSSR count). The van der Waals surface area contributed by atoms with Gasteiger partial charge >= 0.3 is 0 Å². The van der Waals surface area contributed by atoms with Gasteiger partial charge in [-0.15, -0.1) is 24.0 Å². The Morgan fingerprint density at radius 1 is 1.20 bits per heavy atom. The summed E-state index contributed by atoms with van der Waals surface area (Å²) in [5, 5.41) is 12.1. The highest BCUT2D eigenvalue weighted by molar-refractivity contribution is 14.0. The summed E-state index contributed by atoms with van der Waals surface area (Å²) in [6.45, 7) is 2.59. The van der Waals surface area contributed by atoms with Crippen LogP contribution in [-0.4, -0.2) is 41.9 Å². The number of anilines is 1. The van der Waals surface area contributed by atoms with Crippen molar-refractivity contribution >= 4 is 47.2 Å². The minimum Gasteiger partial charge on any atom is -0.369 e. The van der Waals surface area contributed by atoms with Crippen LogP contribution in [0.3, 0.4) is 0 Å². The smallest absolute Gasteiger partial charge is 0.191 e. The average molecular weight is 537 g/mol. The van der Waals surface area contributed by atoms with Crippen molar-refractivity contribution in [3.63, 3.8) is 0 Å². The Bertz CT molecular complexity index is 975. The number of aliphatic imine (C=N–C) groups is 1. The molecule has 2 N–H and O–H groups in total. The molecule has 1 aromatic heterocycles. The molecule has 2 heterocycles. The van der Waals surface area contributed by atoms with Gasteiger partial charge in [-0.3, -0.25) is 4.99 Å². The molecule has 1 saturated heterocycles. The number of hydrogen-bond acceptors (Lipinski definition) is 3. The van der Waals surface area contributed by atoms with Crippen molar-refractivity contribution in [3.05, 3.63) is 77.6 Å².